The largest absolute Gasteiger partial charge is 0.459 e. The van der Waals surface area contributed by atoms with E-state index in [1.54, 1.807) is 18.4 Å². The smallest absolute Gasteiger partial charge is 0.283 e. The highest BCUT2D eigenvalue weighted by Gasteiger charge is 2.17. The third kappa shape index (κ3) is 2.79. The van der Waals surface area contributed by atoms with Gasteiger partial charge in [0.1, 0.15) is 0 Å². The minimum Gasteiger partial charge on any atom is -0.459 e. The van der Waals surface area contributed by atoms with E-state index in [-0.39, 0.29) is 0 Å². The first-order valence-corrected chi connectivity index (χ1v) is 6.14. The first kappa shape index (κ1) is 12.8. The van der Waals surface area contributed by atoms with Gasteiger partial charge in [-0.15, -0.1) is 10.2 Å². The third-order valence-electron chi connectivity index (χ3n) is 3.24. The van der Waals surface area contributed by atoms with Gasteiger partial charge in [0, 0.05) is 6.04 Å². The maximum absolute atomic E-state index is 5.57. The Kier molecular flexibility index (Phi) is 3.81. The molecule has 0 radical (unpaired) electrons. The summed E-state index contributed by atoms with van der Waals surface area (Å²) in [5, 5.41) is 8.01. The lowest BCUT2D eigenvalue weighted by Gasteiger charge is -2.26. The molecule has 0 fully saturated rings. The van der Waals surface area contributed by atoms with Crippen LogP contribution in [0.4, 0.5) is 0 Å². The summed E-state index contributed by atoms with van der Waals surface area (Å²) in [6, 6.07) is 4.06. The number of nitrogens with zero attached hydrogens (tertiary/aromatic N) is 3. The number of hydrogen-bond acceptors (Lipinski definition) is 5. The van der Waals surface area contributed by atoms with Crippen LogP contribution in [0.1, 0.15) is 26.7 Å². The quantitative estimate of drug-likeness (QED) is 0.815. The van der Waals surface area contributed by atoms with E-state index in [4.69, 9.17) is 8.83 Å². The minimum atomic E-state index is 0.431. The van der Waals surface area contributed by atoms with E-state index in [1.165, 1.54) is 0 Å². The molecule has 2 aromatic heterocycles. The van der Waals surface area contributed by atoms with Crippen LogP contribution in [0.15, 0.2) is 27.2 Å². The van der Waals surface area contributed by atoms with Gasteiger partial charge >= 0.3 is 0 Å². The van der Waals surface area contributed by atoms with Gasteiger partial charge in [0.25, 0.3) is 5.89 Å². The Morgan fingerprint density at radius 1 is 1.28 bits per heavy atom. The average Bonchev–Trinajstić information content (AvgIpc) is 2.96. The molecule has 0 aliphatic rings. The first-order valence-electron chi connectivity index (χ1n) is 6.14. The molecule has 2 rings (SSSR count). The molecular formula is C13H19N3O2. The van der Waals surface area contributed by atoms with E-state index in [9.17, 15) is 0 Å². The molecule has 1 atom stereocenters. The van der Waals surface area contributed by atoms with Crippen molar-refractivity contribution in [1.82, 2.24) is 15.1 Å². The lowest BCUT2D eigenvalue weighted by atomic mass is 10.1. The number of aromatic nitrogens is 2. The number of rotatable bonds is 5. The predicted molar refractivity (Wildman–Crippen MR) is 67.8 cm³/mol. The van der Waals surface area contributed by atoms with Gasteiger partial charge in [-0.25, -0.2) is 0 Å². The monoisotopic (exact) mass is 249 g/mol. The Hall–Kier alpha value is -1.62. The summed E-state index contributed by atoms with van der Waals surface area (Å²) in [6.45, 7) is 7.23. The molecule has 0 bridgehead atoms. The Morgan fingerprint density at radius 3 is 2.67 bits per heavy atom. The van der Waals surface area contributed by atoms with E-state index in [1.807, 2.05) is 0 Å². The molecule has 2 aromatic rings. The van der Waals surface area contributed by atoms with Crippen molar-refractivity contribution in [2.75, 3.05) is 7.05 Å². The van der Waals surface area contributed by atoms with Crippen LogP contribution in [0, 0.1) is 5.92 Å². The summed E-state index contributed by atoms with van der Waals surface area (Å²) >= 11 is 0. The van der Waals surface area contributed by atoms with Gasteiger partial charge in [-0.2, -0.15) is 0 Å². The van der Waals surface area contributed by atoms with Gasteiger partial charge in [-0.05, 0) is 32.0 Å². The molecule has 0 saturated carbocycles. The SMILES string of the molecule is CC(C)[C@H](C)N(C)Cc1nnc(-c2ccco2)o1. The zero-order chi connectivity index (χ0) is 13.1. The number of hydrogen-bond donors (Lipinski definition) is 0. The molecule has 0 spiro atoms. The van der Waals surface area contributed by atoms with Gasteiger partial charge in [-0.3, -0.25) is 4.90 Å². The fourth-order valence-corrected chi connectivity index (χ4v) is 1.68. The van der Waals surface area contributed by atoms with Crippen molar-refractivity contribution in [3.05, 3.63) is 24.3 Å². The lowest BCUT2D eigenvalue weighted by Crippen LogP contribution is -2.32. The van der Waals surface area contributed by atoms with Crippen molar-refractivity contribution in [3.8, 4) is 11.7 Å². The summed E-state index contributed by atoms with van der Waals surface area (Å²) < 4.78 is 10.8. The molecule has 98 valence electrons. The van der Waals surface area contributed by atoms with E-state index < -0.39 is 0 Å². The van der Waals surface area contributed by atoms with Gasteiger partial charge < -0.3 is 8.83 Å². The maximum Gasteiger partial charge on any atom is 0.283 e. The topological polar surface area (TPSA) is 55.3 Å². The summed E-state index contributed by atoms with van der Waals surface area (Å²) in [7, 11) is 2.06. The summed E-state index contributed by atoms with van der Waals surface area (Å²) in [4.78, 5) is 2.20. The average molecular weight is 249 g/mol. The highest BCUT2D eigenvalue weighted by Crippen LogP contribution is 2.19. The molecule has 18 heavy (non-hydrogen) atoms. The Bertz CT molecular complexity index is 476. The Morgan fingerprint density at radius 2 is 2.06 bits per heavy atom. The molecule has 2 heterocycles. The molecule has 0 amide bonds. The van der Waals surface area contributed by atoms with Crippen molar-refractivity contribution in [2.24, 2.45) is 5.92 Å². The number of furan rings is 1. The van der Waals surface area contributed by atoms with Crippen LogP contribution in [0.3, 0.4) is 0 Å². The van der Waals surface area contributed by atoms with Crippen molar-refractivity contribution in [3.63, 3.8) is 0 Å². The second-order valence-corrected chi connectivity index (χ2v) is 4.88. The van der Waals surface area contributed by atoms with Crippen LogP contribution in [-0.2, 0) is 6.54 Å². The highest BCUT2D eigenvalue weighted by atomic mass is 16.4. The normalized spacial score (nSPS) is 13.4. The minimum absolute atomic E-state index is 0.431. The lowest BCUT2D eigenvalue weighted by molar-refractivity contribution is 0.184. The van der Waals surface area contributed by atoms with Gasteiger partial charge in [0.2, 0.25) is 5.89 Å². The van der Waals surface area contributed by atoms with Gasteiger partial charge in [0.15, 0.2) is 5.76 Å². The van der Waals surface area contributed by atoms with E-state index in [2.05, 4.69) is 42.9 Å². The second kappa shape index (κ2) is 5.35. The first-order chi connectivity index (χ1) is 8.58. The van der Waals surface area contributed by atoms with Crippen molar-refractivity contribution in [2.45, 2.75) is 33.4 Å². The van der Waals surface area contributed by atoms with Crippen LogP contribution in [0.25, 0.3) is 11.7 Å². The molecule has 0 unspecified atom stereocenters. The molecule has 5 heteroatoms. The molecule has 0 saturated heterocycles. The van der Waals surface area contributed by atoms with Crippen LogP contribution in [0.2, 0.25) is 0 Å². The molecule has 0 N–H and O–H groups in total. The van der Waals surface area contributed by atoms with Crippen LogP contribution in [0.5, 0.6) is 0 Å². The molecule has 0 aliphatic heterocycles. The third-order valence-corrected chi connectivity index (χ3v) is 3.24. The van der Waals surface area contributed by atoms with Crippen molar-refractivity contribution in [1.29, 1.82) is 0 Å². The summed E-state index contributed by atoms with van der Waals surface area (Å²) in [6.07, 6.45) is 1.59. The zero-order valence-corrected chi connectivity index (χ0v) is 11.3. The Labute approximate surface area is 107 Å². The maximum atomic E-state index is 5.57. The summed E-state index contributed by atoms with van der Waals surface area (Å²) in [5.74, 6) is 2.23. The fourth-order valence-electron chi connectivity index (χ4n) is 1.68. The van der Waals surface area contributed by atoms with Crippen LogP contribution in [-0.4, -0.2) is 28.2 Å². The molecule has 0 aliphatic carbocycles. The highest BCUT2D eigenvalue weighted by molar-refractivity contribution is 5.42. The molecular weight excluding hydrogens is 230 g/mol. The molecule has 0 aromatic carbocycles. The molecule has 5 nitrogen and oxygen atoms in total. The zero-order valence-electron chi connectivity index (χ0n) is 11.3. The van der Waals surface area contributed by atoms with E-state index in [0.29, 0.717) is 36.0 Å². The van der Waals surface area contributed by atoms with Crippen LogP contribution >= 0.6 is 0 Å². The summed E-state index contributed by atoms with van der Waals surface area (Å²) in [5.41, 5.74) is 0. The van der Waals surface area contributed by atoms with Crippen molar-refractivity contribution >= 4 is 0 Å². The fraction of sp³-hybridized carbons (Fsp3) is 0.538. The van der Waals surface area contributed by atoms with Gasteiger partial charge in [0.05, 0.1) is 12.8 Å². The van der Waals surface area contributed by atoms with E-state index >= 15 is 0 Å². The van der Waals surface area contributed by atoms with Crippen LogP contribution < -0.4 is 0 Å². The second-order valence-electron chi connectivity index (χ2n) is 4.88. The Balaban J connectivity index is 2.03. The standard InChI is InChI=1S/C13H19N3O2/c1-9(2)10(3)16(4)8-12-14-15-13(18-12)11-6-5-7-17-11/h5-7,9-10H,8H2,1-4H3/t10-/m0/s1. The van der Waals surface area contributed by atoms with E-state index in [0.717, 1.165) is 0 Å². The van der Waals surface area contributed by atoms with Crippen molar-refractivity contribution < 1.29 is 8.83 Å². The van der Waals surface area contributed by atoms with Gasteiger partial charge in [-0.1, -0.05) is 13.8 Å². The predicted octanol–water partition coefficient (Wildman–Crippen LogP) is 2.81.